The molecule has 0 radical (unpaired) electrons. The van der Waals surface area contributed by atoms with Gasteiger partial charge in [-0.05, 0) is 12.1 Å². The van der Waals surface area contributed by atoms with Crippen molar-refractivity contribution in [1.82, 2.24) is 9.97 Å². The minimum absolute atomic E-state index is 0.102. The molecule has 0 aliphatic rings. The average molecular weight is 305 g/mol. The van der Waals surface area contributed by atoms with Crippen LogP contribution in [0.15, 0.2) is 30.6 Å². The maximum absolute atomic E-state index is 12.2. The first-order valence-corrected chi connectivity index (χ1v) is 6.13. The molecule has 2 aromatic rings. The summed E-state index contributed by atoms with van der Waals surface area (Å²) in [6, 6.07) is 4.49. The van der Waals surface area contributed by atoms with Gasteiger partial charge in [-0.1, -0.05) is 17.7 Å². The van der Waals surface area contributed by atoms with Gasteiger partial charge in [0.25, 0.3) is 0 Å². The Balaban J connectivity index is 2.39. The number of alkyl halides is 3. The second kappa shape index (κ2) is 6.12. The zero-order valence-corrected chi connectivity index (χ0v) is 11.0. The molecule has 0 spiro atoms. The number of hydrogen-bond donors (Lipinski definition) is 0. The van der Waals surface area contributed by atoms with Crippen molar-refractivity contribution in [2.45, 2.75) is 12.5 Å². The molecule has 100 valence electrons. The van der Waals surface area contributed by atoms with E-state index in [2.05, 4.69) is 14.7 Å². The zero-order valence-electron chi connectivity index (χ0n) is 9.49. The number of hydrogen-bond acceptors (Lipinski definition) is 3. The minimum atomic E-state index is -2.94. The number of rotatable bonds is 4. The molecule has 0 unspecified atom stereocenters. The molecule has 0 bridgehead atoms. The Morgan fingerprint density at radius 3 is 2.74 bits per heavy atom. The van der Waals surface area contributed by atoms with Crippen LogP contribution in [0.2, 0.25) is 5.02 Å². The summed E-state index contributed by atoms with van der Waals surface area (Å²) < 4.78 is 28.8. The van der Waals surface area contributed by atoms with Crippen molar-refractivity contribution in [1.29, 1.82) is 0 Å². The number of ether oxygens (including phenoxy) is 1. The molecule has 0 atom stereocenters. The van der Waals surface area contributed by atoms with Crippen molar-refractivity contribution in [3.05, 3.63) is 41.3 Å². The monoisotopic (exact) mass is 304 g/mol. The Morgan fingerprint density at radius 2 is 2.05 bits per heavy atom. The van der Waals surface area contributed by atoms with Gasteiger partial charge in [0.15, 0.2) is 0 Å². The molecule has 1 aromatic carbocycles. The van der Waals surface area contributed by atoms with Gasteiger partial charge in [-0.15, -0.1) is 11.6 Å². The lowest BCUT2D eigenvalue weighted by Gasteiger charge is -2.09. The van der Waals surface area contributed by atoms with Gasteiger partial charge in [0, 0.05) is 11.8 Å². The number of aromatic nitrogens is 2. The third-order valence-corrected chi connectivity index (χ3v) is 2.85. The highest BCUT2D eigenvalue weighted by atomic mass is 35.5. The largest absolute Gasteiger partial charge is 0.433 e. The van der Waals surface area contributed by atoms with E-state index in [9.17, 15) is 8.78 Å². The highest BCUT2D eigenvalue weighted by Crippen LogP contribution is 2.30. The highest BCUT2D eigenvalue weighted by molar-refractivity contribution is 6.32. The molecule has 19 heavy (non-hydrogen) atoms. The van der Waals surface area contributed by atoms with Gasteiger partial charge in [0.1, 0.15) is 5.75 Å². The minimum Gasteiger partial charge on any atom is -0.433 e. The van der Waals surface area contributed by atoms with Crippen LogP contribution in [0, 0.1) is 0 Å². The molecular formula is C12H8Cl2F2N2O. The van der Waals surface area contributed by atoms with Gasteiger partial charge < -0.3 is 4.74 Å². The van der Waals surface area contributed by atoms with Crippen molar-refractivity contribution in [2.75, 3.05) is 0 Å². The Bertz CT molecular complexity index is 581. The lowest BCUT2D eigenvalue weighted by molar-refractivity contribution is -0.0497. The quantitative estimate of drug-likeness (QED) is 0.796. The molecule has 0 saturated carbocycles. The fourth-order valence-electron chi connectivity index (χ4n) is 1.46. The lowest BCUT2D eigenvalue weighted by Crippen LogP contribution is -2.02. The summed E-state index contributed by atoms with van der Waals surface area (Å²) in [6.45, 7) is -2.94. The van der Waals surface area contributed by atoms with Crippen molar-refractivity contribution in [2.24, 2.45) is 0 Å². The average Bonchev–Trinajstić information content (AvgIpc) is 2.41. The Hall–Kier alpha value is -1.46. The van der Waals surface area contributed by atoms with Gasteiger partial charge in [-0.3, -0.25) is 4.98 Å². The summed E-state index contributed by atoms with van der Waals surface area (Å²) >= 11 is 11.4. The SMILES string of the molecule is FC(F)Oc1cc(-c2cncc(CCl)n2)ccc1Cl. The van der Waals surface area contributed by atoms with Crippen LogP contribution in [0.3, 0.4) is 0 Å². The fourth-order valence-corrected chi connectivity index (χ4v) is 1.75. The van der Waals surface area contributed by atoms with E-state index in [-0.39, 0.29) is 16.7 Å². The lowest BCUT2D eigenvalue weighted by atomic mass is 10.1. The van der Waals surface area contributed by atoms with Crippen molar-refractivity contribution in [3.63, 3.8) is 0 Å². The summed E-state index contributed by atoms with van der Waals surface area (Å²) in [6.07, 6.45) is 3.04. The second-order valence-electron chi connectivity index (χ2n) is 3.55. The van der Waals surface area contributed by atoms with Crippen LogP contribution in [0.5, 0.6) is 5.75 Å². The summed E-state index contributed by atoms with van der Waals surface area (Å²) in [5, 5.41) is 0.102. The Kier molecular flexibility index (Phi) is 4.50. The molecule has 2 rings (SSSR count). The van der Waals surface area contributed by atoms with Crippen LogP contribution in [0.25, 0.3) is 11.3 Å². The molecule has 0 fully saturated rings. The standard InChI is InChI=1S/C12H8Cl2F2N2O/c13-4-8-5-17-6-10(18-8)7-1-2-9(14)11(3-7)19-12(15)16/h1-3,5-6,12H,4H2. The molecular weight excluding hydrogens is 297 g/mol. The van der Waals surface area contributed by atoms with E-state index in [1.807, 2.05) is 0 Å². The topological polar surface area (TPSA) is 35.0 Å². The van der Waals surface area contributed by atoms with E-state index < -0.39 is 6.61 Å². The molecule has 3 nitrogen and oxygen atoms in total. The Labute approximate surface area is 118 Å². The molecule has 0 aliphatic heterocycles. The molecule has 0 N–H and O–H groups in total. The molecule has 1 heterocycles. The second-order valence-corrected chi connectivity index (χ2v) is 4.23. The zero-order chi connectivity index (χ0) is 13.8. The van der Waals surface area contributed by atoms with E-state index in [1.165, 1.54) is 24.5 Å². The van der Waals surface area contributed by atoms with Crippen LogP contribution < -0.4 is 4.74 Å². The van der Waals surface area contributed by atoms with Crippen molar-refractivity contribution < 1.29 is 13.5 Å². The van der Waals surface area contributed by atoms with Crippen molar-refractivity contribution >= 4 is 23.2 Å². The fraction of sp³-hybridized carbons (Fsp3) is 0.167. The third-order valence-electron chi connectivity index (χ3n) is 2.26. The van der Waals surface area contributed by atoms with Crippen LogP contribution >= 0.6 is 23.2 Å². The first-order chi connectivity index (χ1) is 9.10. The summed E-state index contributed by atoms with van der Waals surface area (Å²) in [7, 11) is 0. The Morgan fingerprint density at radius 1 is 1.26 bits per heavy atom. The summed E-state index contributed by atoms with van der Waals surface area (Å²) in [4.78, 5) is 8.21. The predicted molar refractivity (Wildman–Crippen MR) is 68.7 cm³/mol. The number of halogens is 4. The number of benzene rings is 1. The van der Waals surface area contributed by atoms with E-state index in [0.717, 1.165) is 0 Å². The van der Waals surface area contributed by atoms with Crippen LogP contribution in [-0.2, 0) is 5.88 Å². The third kappa shape index (κ3) is 3.52. The van der Waals surface area contributed by atoms with Gasteiger partial charge >= 0.3 is 6.61 Å². The summed E-state index contributed by atoms with van der Waals surface area (Å²) in [5.74, 6) is 0.113. The normalized spacial score (nSPS) is 10.8. The maximum Gasteiger partial charge on any atom is 0.387 e. The van der Waals surface area contributed by atoms with E-state index in [1.54, 1.807) is 6.07 Å². The van der Waals surface area contributed by atoms with Crippen LogP contribution in [-0.4, -0.2) is 16.6 Å². The van der Waals surface area contributed by atoms with Crippen molar-refractivity contribution in [3.8, 4) is 17.0 Å². The molecule has 0 aliphatic carbocycles. The van der Waals surface area contributed by atoms with Gasteiger partial charge in [-0.25, -0.2) is 4.98 Å². The summed E-state index contributed by atoms with van der Waals surface area (Å²) in [5.41, 5.74) is 1.67. The highest BCUT2D eigenvalue weighted by Gasteiger charge is 2.11. The molecule has 7 heteroatoms. The molecule has 0 amide bonds. The maximum atomic E-state index is 12.2. The molecule has 1 aromatic heterocycles. The number of nitrogens with zero attached hydrogens (tertiary/aromatic N) is 2. The first kappa shape index (κ1) is 14.0. The van der Waals surface area contributed by atoms with Crippen LogP contribution in [0.1, 0.15) is 5.69 Å². The van der Waals surface area contributed by atoms with E-state index in [4.69, 9.17) is 23.2 Å². The van der Waals surface area contributed by atoms with Gasteiger partial charge in [0.05, 0.1) is 28.5 Å². The molecule has 0 saturated heterocycles. The van der Waals surface area contributed by atoms with E-state index >= 15 is 0 Å². The van der Waals surface area contributed by atoms with Crippen LogP contribution in [0.4, 0.5) is 8.78 Å². The van der Waals surface area contributed by atoms with Gasteiger partial charge in [-0.2, -0.15) is 8.78 Å². The first-order valence-electron chi connectivity index (χ1n) is 5.22. The smallest absolute Gasteiger partial charge is 0.387 e. The predicted octanol–water partition coefficient (Wildman–Crippen LogP) is 4.14. The van der Waals surface area contributed by atoms with Gasteiger partial charge in [0.2, 0.25) is 0 Å². The van der Waals surface area contributed by atoms with E-state index in [0.29, 0.717) is 17.0 Å².